The summed E-state index contributed by atoms with van der Waals surface area (Å²) in [4.78, 5) is 28.5. The third-order valence-electron chi connectivity index (χ3n) is 7.09. The van der Waals surface area contributed by atoms with Crippen molar-refractivity contribution in [2.45, 2.75) is 32.5 Å². The van der Waals surface area contributed by atoms with Crippen LogP contribution in [0, 0.1) is 22.0 Å². The smallest absolute Gasteiger partial charge is 0.338 e. The number of benzene rings is 3. The second-order valence-corrected chi connectivity index (χ2v) is 10.5. The van der Waals surface area contributed by atoms with Crippen LogP contribution in [0.2, 0.25) is 0 Å². The normalized spacial score (nSPS) is 17.9. The van der Waals surface area contributed by atoms with Crippen LogP contribution in [0.25, 0.3) is 0 Å². The van der Waals surface area contributed by atoms with Crippen LogP contribution in [0.1, 0.15) is 46.8 Å². The van der Waals surface area contributed by atoms with Gasteiger partial charge in [0.25, 0.3) is 11.6 Å². The SMILES string of the molecule is CC(C)CN(C[C@H]1CN(Cc2ccccc2[N+](=O)[O-])C[C@@H]1c1cccc(C(F)(F)F)c1)C(=O)c1ccccc1. The van der Waals surface area contributed by atoms with Gasteiger partial charge in [-0.15, -0.1) is 0 Å². The van der Waals surface area contributed by atoms with Crippen LogP contribution in [0.5, 0.6) is 0 Å². The van der Waals surface area contributed by atoms with Crippen LogP contribution in [0.15, 0.2) is 78.9 Å². The predicted octanol–water partition coefficient (Wildman–Crippen LogP) is 6.63. The fourth-order valence-corrected chi connectivity index (χ4v) is 5.39. The number of rotatable bonds is 9. The third-order valence-corrected chi connectivity index (χ3v) is 7.09. The van der Waals surface area contributed by atoms with Crippen molar-refractivity contribution in [2.24, 2.45) is 11.8 Å². The van der Waals surface area contributed by atoms with E-state index < -0.39 is 16.7 Å². The molecule has 206 valence electrons. The van der Waals surface area contributed by atoms with E-state index in [1.165, 1.54) is 18.2 Å². The van der Waals surface area contributed by atoms with Gasteiger partial charge in [-0.3, -0.25) is 19.8 Å². The molecule has 0 N–H and O–H groups in total. The molecule has 0 aromatic heterocycles. The Bertz CT molecular complexity index is 1300. The molecular weight excluding hydrogens is 507 g/mol. The number of amides is 1. The van der Waals surface area contributed by atoms with Crippen molar-refractivity contribution >= 4 is 11.6 Å². The van der Waals surface area contributed by atoms with Crippen LogP contribution in [-0.2, 0) is 12.7 Å². The highest BCUT2D eigenvalue weighted by Crippen LogP contribution is 2.38. The van der Waals surface area contributed by atoms with Crippen LogP contribution < -0.4 is 0 Å². The average molecular weight is 540 g/mol. The highest BCUT2D eigenvalue weighted by atomic mass is 19.4. The van der Waals surface area contributed by atoms with Gasteiger partial charge in [0.05, 0.1) is 10.5 Å². The van der Waals surface area contributed by atoms with E-state index in [1.54, 1.807) is 53.4 Å². The van der Waals surface area contributed by atoms with Crippen molar-refractivity contribution in [3.63, 3.8) is 0 Å². The van der Waals surface area contributed by atoms with E-state index in [4.69, 9.17) is 0 Å². The summed E-state index contributed by atoms with van der Waals surface area (Å²) in [7, 11) is 0. The Labute approximate surface area is 226 Å². The molecule has 1 amide bonds. The lowest BCUT2D eigenvalue weighted by Gasteiger charge is -2.30. The summed E-state index contributed by atoms with van der Waals surface area (Å²) in [6.07, 6.45) is -4.47. The van der Waals surface area contributed by atoms with Crippen molar-refractivity contribution in [1.29, 1.82) is 0 Å². The number of hydrogen-bond acceptors (Lipinski definition) is 4. The highest BCUT2D eigenvalue weighted by molar-refractivity contribution is 5.94. The summed E-state index contributed by atoms with van der Waals surface area (Å²) in [5.41, 5.74) is 0.956. The molecule has 1 aliphatic heterocycles. The zero-order valence-electron chi connectivity index (χ0n) is 22.0. The number of alkyl halides is 3. The van der Waals surface area contributed by atoms with E-state index in [0.29, 0.717) is 49.4 Å². The summed E-state index contributed by atoms with van der Waals surface area (Å²) < 4.78 is 40.7. The summed E-state index contributed by atoms with van der Waals surface area (Å²) in [6.45, 7) is 6.11. The first kappa shape index (κ1) is 28.3. The first-order valence-electron chi connectivity index (χ1n) is 13.0. The molecule has 0 unspecified atom stereocenters. The molecule has 0 radical (unpaired) electrons. The van der Waals surface area contributed by atoms with Crippen molar-refractivity contribution < 1.29 is 22.9 Å². The number of halogens is 3. The molecule has 6 nitrogen and oxygen atoms in total. The maximum atomic E-state index is 13.6. The highest BCUT2D eigenvalue weighted by Gasteiger charge is 2.38. The van der Waals surface area contributed by atoms with E-state index in [1.807, 2.05) is 24.8 Å². The molecule has 1 heterocycles. The lowest BCUT2D eigenvalue weighted by molar-refractivity contribution is -0.385. The van der Waals surface area contributed by atoms with Crippen LogP contribution in [0.3, 0.4) is 0 Å². The molecule has 1 saturated heterocycles. The largest absolute Gasteiger partial charge is 0.416 e. The number of nitro benzene ring substituents is 1. The fraction of sp³-hybridized carbons (Fsp3) is 0.367. The zero-order chi connectivity index (χ0) is 28.2. The maximum absolute atomic E-state index is 13.6. The van der Waals surface area contributed by atoms with Gasteiger partial charge in [0, 0.05) is 55.8 Å². The van der Waals surface area contributed by atoms with Gasteiger partial charge in [0.2, 0.25) is 0 Å². The summed E-state index contributed by atoms with van der Waals surface area (Å²) in [5, 5.41) is 11.6. The lowest BCUT2D eigenvalue weighted by Crippen LogP contribution is -2.39. The first-order chi connectivity index (χ1) is 18.5. The lowest BCUT2D eigenvalue weighted by atomic mass is 9.87. The number of nitrogens with zero attached hydrogens (tertiary/aromatic N) is 3. The number of likely N-dealkylation sites (tertiary alicyclic amines) is 1. The number of carbonyl (C=O) groups excluding carboxylic acids is 1. The predicted molar refractivity (Wildman–Crippen MR) is 143 cm³/mol. The second-order valence-electron chi connectivity index (χ2n) is 10.5. The quantitative estimate of drug-likeness (QED) is 0.226. The summed E-state index contributed by atoms with van der Waals surface area (Å²) >= 11 is 0. The van der Waals surface area contributed by atoms with E-state index in [9.17, 15) is 28.1 Å². The Balaban J connectivity index is 1.66. The molecule has 9 heteroatoms. The Kier molecular flexibility index (Phi) is 8.70. The average Bonchev–Trinajstić information content (AvgIpc) is 3.30. The summed E-state index contributed by atoms with van der Waals surface area (Å²) in [5.74, 6) is -0.380. The molecule has 1 fully saturated rings. The van der Waals surface area contributed by atoms with Gasteiger partial charge >= 0.3 is 6.18 Å². The van der Waals surface area contributed by atoms with E-state index in [2.05, 4.69) is 0 Å². The minimum absolute atomic E-state index is 0.0114. The monoisotopic (exact) mass is 539 g/mol. The topological polar surface area (TPSA) is 66.7 Å². The van der Waals surface area contributed by atoms with Crippen molar-refractivity contribution in [3.8, 4) is 0 Å². The zero-order valence-corrected chi connectivity index (χ0v) is 22.0. The number of nitro groups is 1. The molecule has 0 spiro atoms. The molecule has 0 saturated carbocycles. The molecule has 4 rings (SSSR count). The molecule has 0 aliphatic carbocycles. The van der Waals surface area contributed by atoms with Gasteiger partial charge in [-0.25, -0.2) is 0 Å². The van der Waals surface area contributed by atoms with Crippen LogP contribution in [-0.4, -0.2) is 46.8 Å². The van der Waals surface area contributed by atoms with Gasteiger partial charge in [-0.2, -0.15) is 13.2 Å². The Hall–Kier alpha value is -3.72. The van der Waals surface area contributed by atoms with E-state index in [-0.39, 0.29) is 29.3 Å². The third kappa shape index (κ3) is 7.03. The first-order valence-corrected chi connectivity index (χ1v) is 13.0. The van der Waals surface area contributed by atoms with Crippen molar-refractivity contribution in [2.75, 3.05) is 26.2 Å². The second kappa shape index (κ2) is 12.0. The molecule has 3 aromatic rings. The summed E-state index contributed by atoms with van der Waals surface area (Å²) in [6, 6.07) is 20.8. The fourth-order valence-electron chi connectivity index (χ4n) is 5.39. The molecule has 3 aromatic carbocycles. The molecule has 0 bridgehead atoms. The molecular formula is C30H32F3N3O3. The van der Waals surface area contributed by atoms with E-state index in [0.717, 1.165) is 6.07 Å². The Morgan fingerprint density at radius 3 is 2.38 bits per heavy atom. The Morgan fingerprint density at radius 1 is 1.03 bits per heavy atom. The minimum Gasteiger partial charge on any atom is -0.338 e. The molecule has 2 atom stereocenters. The van der Waals surface area contributed by atoms with Gasteiger partial charge < -0.3 is 4.90 Å². The van der Waals surface area contributed by atoms with Gasteiger partial charge in [0.1, 0.15) is 0 Å². The van der Waals surface area contributed by atoms with Gasteiger partial charge in [0.15, 0.2) is 0 Å². The van der Waals surface area contributed by atoms with Crippen LogP contribution in [0.4, 0.5) is 18.9 Å². The van der Waals surface area contributed by atoms with Crippen LogP contribution >= 0.6 is 0 Å². The number of carbonyl (C=O) groups is 1. The van der Waals surface area contributed by atoms with Gasteiger partial charge in [-0.05, 0) is 35.6 Å². The number of para-hydroxylation sites is 1. The minimum atomic E-state index is -4.47. The van der Waals surface area contributed by atoms with Crippen molar-refractivity contribution in [3.05, 3.63) is 111 Å². The standard InChI is InChI=1S/C30H32F3N3O3/c1-21(2)16-35(29(37)22-9-4-3-5-10-22)19-25-18-34(17-24-11-6-7-14-28(24)36(38)39)20-27(25)23-12-8-13-26(15-23)30(31,32)33/h3-15,21,25,27H,16-20H2,1-2H3/t25-,27-/m1/s1. The van der Waals surface area contributed by atoms with Gasteiger partial charge in [-0.1, -0.05) is 68.4 Å². The molecule has 1 aliphatic rings. The molecule has 39 heavy (non-hydrogen) atoms. The van der Waals surface area contributed by atoms with E-state index >= 15 is 0 Å². The number of hydrogen-bond donors (Lipinski definition) is 0. The van der Waals surface area contributed by atoms with Crippen molar-refractivity contribution in [1.82, 2.24) is 9.80 Å². The maximum Gasteiger partial charge on any atom is 0.416 e. The Morgan fingerprint density at radius 2 is 1.72 bits per heavy atom.